The van der Waals surface area contributed by atoms with Crippen LogP contribution in [0.15, 0.2) is 24.3 Å². The van der Waals surface area contributed by atoms with Crippen LogP contribution < -0.4 is 10.9 Å². The molecule has 5 heteroatoms. The van der Waals surface area contributed by atoms with Crippen molar-refractivity contribution < 1.29 is 8.42 Å². The Labute approximate surface area is 83.0 Å². The summed E-state index contributed by atoms with van der Waals surface area (Å²) in [4.78, 5) is 0. The van der Waals surface area contributed by atoms with Crippen LogP contribution in [0.25, 0.3) is 0 Å². The van der Waals surface area contributed by atoms with Gasteiger partial charge < -0.3 is 5.73 Å². The highest BCUT2D eigenvalue weighted by Crippen LogP contribution is 2.53. The third-order valence-corrected chi connectivity index (χ3v) is 4.42. The van der Waals surface area contributed by atoms with Gasteiger partial charge in [0.05, 0.1) is 0 Å². The van der Waals surface area contributed by atoms with Crippen molar-refractivity contribution in [2.45, 2.75) is 17.6 Å². The molecule has 0 unspecified atom stereocenters. The van der Waals surface area contributed by atoms with Gasteiger partial charge in [0.25, 0.3) is 0 Å². The average Bonchev–Trinajstić information content (AvgIpc) is 2.84. The molecule has 76 valence electrons. The molecule has 0 spiro atoms. The van der Waals surface area contributed by atoms with Crippen molar-refractivity contribution in [2.24, 2.45) is 5.14 Å². The van der Waals surface area contributed by atoms with Gasteiger partial charge in [-0.25, -0.2) is 13.6 Å². The first-order chi connectivity index (χ1) is 6.47. The Bertz CT molecular complexity index is 463. The Hall–Kier alpha value is -1.07. The van der Waals surface area contributed by atoms with E-state index in [1.165, 1.54) is 0 Å². The molecule has 0 aliphatic heterocycles. The number of nitrogen functional groups attached to an aromatic ring is 1. The fourth-order valence-corrected chi connectivity index (χ4v) is 2.90. The lowest BCUT2D eigenvalue weighted by atomic mass is 10.1. The summed E-state index contributed by atoms with van der Waals surface area (Å²) in [6, 6.07) is 6.97. The first-order valence-corrected chi connectivity index (χ1v) is 5.89. The van der Waals surface area contributed by atoms with Crippen LogP contribution in [0, 0.1) is 0 Å². The van der Waals surface area contributed by atoms with Crippen LogP contribution in [-0.4, -0.2) is 8.42 Å². The maximum absolute atomic E-state index is 11.4. The highest BCUT2D eigenvalue weighted by atomic mass is 32.2. The number of rotatable bonds is 2. The zero-order chi connectivity index (χ0) is 10.4. The Morgan fingerprint density at radius 2 is 1.79 bits per heavy atom. The summed E-state index contributed by atoms with van der Waals surface area (Å²) in [6.07, 6.45) is 1.14. The van der Waals surface area contributed by atoms with E-state index in [1.807, 2.05) is 0 Å². The molecule has 1 aromatic rings. The Balaban J connectivity index is 2.57. The van der Waals surface area contributed by atoms with Gasteiger partial charge in [0.2, 0.25) is 10.0 Å². The van der Waals surface area contributed by atoms with E-state index in [0.717, 1.165) is 0 Å². The van der Waals surface area contributed by atoms with Gasteiger partial charge in [-0.1, -0.05) is 18.2 Å². The van der Waals surface area contributed by atoms with Crippen LogP contribution in [0.1, 0.15) is 18.4 Å². The monoisotopic (exact) mass is 212 g/mol. The van der Waals surface area contributed by atoms with E-state index in [0.29, 0.717) is 24.1 Å². The van der Waals surface area contributed by atoms with Crippen molar-refractivity contribution >= 4 is 15.7 Å². The van der Waals surface area contributed by atoms with Gasteiger partial charge in [-0.2, -0.15) is 0 Å². The molecule has 2 rings (SSSR count). The van der Waals surface area contributed by atoms with E-state index in [9.17, 15) is 8.42 Å². The number of anilines is 1. The van der Waals surface area contributed by atoms with Crippen molar-refractivity contribution in [1.29, 1.82) is 0 Å². The van der Waals surface area contributed by atoms with Crippen molar-refractivity contribution in [1.82, 2.24) is 0 Å². The maximum Gasteiger partial charge on any atom is 0.219 e. The number of sulfonamides is 1. The molecule has 14 heavy (non-hydrogen) atoms. The first-order valence-electron chi connectivity index (χ1n) is 4.35. The molecule has 1 saturated carbocycles. The van der Waals surface area contributed by atoms with E-state index >= 15 is 0 Å². The molecular formula is C9H12N2O2S. The van der Waals surface area contributed by atoms with Crippen LogP contribution in [-0.2, 0) is 14.8 Å². The normalized spacial score (nSPS) is 19.2. The Morgan fingerprint density at radius 3 is 2.21 bits per heavy atom. The van der Waals surface area contributed by atoms with Gasteiger partial charge in [0, 0.05) is 5.69 Å². The maximum atomic E-state index is 11.4. The molecular weight excluding hydrogens is 200 g/mol. The Morgan fingerprint density at radius 1 is 1.21 bits per heavy atom. The number of nitrogens with two attached hydrogens (primary N) is 2. The fourth-order valence-electron chi connectivity index (χ4n) is 1.73. The molecule has 0 heterocycles. The molecule has 1 aliphatic carbocycles. The van der Waals surface area contributed by atoms with Crippen molar-refractivity contribution in [2.75, 3.05) is 5.73 Å². The molecule has 0 aromatic heterocycles. The molecule has 4 nitrogen and oxygen atoms in total. The first kappa shape index (κ1) is 9.48. The van der Waals surface area contributed by atoms with Gasteiger partial charge in [0.15, 0.2) is 0 Å². The smallest absolute Gasteiger partial charge is 0.219 e. The van der Waals surface area contributed by atoms with Crippen LogP contribution >= 0.6 is 0 Å². The van der Waals surface area contributed by atoms with E-state index < -0.39 is 14.8 Å². The van der Waals surface area contributed by atoms with Gasteiger partial charge >= 0.3 is 0 Å². The molecule has 1 aromatic carbocycles. The van der Waals surface area contributed by atoms with Gasteiger partial charge in [-0.05, 0) is 24.5 Å². The number of para-hydroxylation sites is 1. The van der Waals surface area contributed by atoms with Crippen LogP contribution in [0.5, 0.6) is 0 Å². The summed E-state index contributed by atoms with van der Waals surface area (Å²) >= 11 is 0. The number of hydrogen-bond donors (Lipinski definition) is 2. The van der Waals surface area contributed by atoms with Gasteiger partial charge in [-0.15, -0.1) is 0 Å². The highest BCUT2D eigenvalue weighted by Gasteiger charge is 2.55. The molecule has 0 radical (unpaired) electrons. The lowest BCUT2D eigenvalue weighted by Crippen LogP contribution is -2.29. The van der Waals surface area contributed by atoms with Gasteiger partial charge in [0.1, 0.15) is 4.75 Å². The average molecular weight is 212 g/mol. The lowest BCUT2D eigenvalue weighted by Gasteiger charge is -2.14. The van der Waals surface area contributed by atoms with Crippen LogP contribution in [0.3, 0.4) is 0 Å². The quantitative estimate of drug-likeness (QED) is 0.702. The summed E-state index contributed by atoms with van der Waals surface area (Å²) in [7, 11) is -3.55. The fraction of sp³-hybridized carbons (Fsp3) is 0.333. The largest absolute Gasteiger partial charge is 0.398 e. The predicted molar refractivity (Wildman–Crippen MR) is 54.9 cm³/mol. The zero-order valence-corrected chi connectivity index (χ0v) is 8.42. The standard InChI is InChI=1S/C9H12N2O2S/c10-8-4-2-1-3-7(8)9(5-6-9)14(11,12)13/h1-4H,5-6,10H2,(H2,11,12,13). The molecule has 1 aliphatic rings. The molecule has 0 saturated heterocycles. The Kier molecular flexibility index (Phi) is 1.84. The predicted octanol–water partition coefficient (Wildman–Crippen LogP) is 0.546. The topological polar surface area (TPSA) is 86.2 Å². The zero-order valence-electron chi connectivity index (χ0n) is 7.60. The van der Waals surface area contributed by atoms with E-state index in [1.54, 1.807) is 24.3 Å². The summed E-state index contributed by atoms with van der Waals surface area (Å²) in [6.45, 7) is 0. The minimum atomic E-state index is -3.55. The highest BCUT2D eigenvalue weighted by molar-refractivity contribution is 7.90. The summed E-state index contributed by atoms with van der Waals surface area (Å²) in [5.41, 5.74) is 6.86. The van der Waals surface area contributed by atoms with E-state index in [4.69, 9.17) is 10.9 Å². The second-order valence-electron chi connectivity index (χ2n) is 3.63. The molecule has 1 fully saturated rings. The lowest BCUT2D eigenvalue weighted by molar-refractivity contribution is 0.582. The molecule has 0 amide bonds. The third kappa shape index (κ3) is 1.20. The molecule has 0 bridgehead atoms. The number of hydrogen-bond acceptors (Lipinski definition) is 3. The van der Waals surface area contributed by atoms with Crippen LogP contribution in [0.4, 0.5) is 5.69 Å². The number of benzene rings is 1. The van der Waals surface area contributed by atoms with E-state index in [-0.39, 0.29) is 0 Å². The summed E-state index contributed by atoms with van der Waals surface area (Å²) in [5, 5.41) is 5.19. The van der Waals surface area contributed by atoms with Gasteiger partial charge in [-0.3, -0.25) is 0 Å². The number of primary sulfonamides is 1. The SMILES string of the molecule is Nc1ccccc1C1(S(N)(=O)=O)CC1. The van der Waals surface area contributed by atoms with E-state index in [2.05, 4.69) is 0 Å². The second kappa shape index (κ2) is 2.71. The summed E-state index contributed by atoms with van der Waals surface area (Å²) < 4.78 is 21.9. The summed E-state index contributed by atoms with van der Waals surface area (Å²) in [5.74, 6) is 0. The molecule has 4 N–H and O–H groups in total. The second-order valence-corrected chi connectivity index (χ2v) is 5.50. The minimum absolute atomic E-state index is 0.499. The van der Waals surface area contributed by atoms with Crippen molar-refractivity contribution in [3.8, 4) is 0 Å². The minimum Gasteiger partial charge on any atom is -0.398 e. The van der Waals surface area contributed by atoms with Crippen LogP contribution in [0.2, 0.25) is 0 Å². The molecule has 0 atom stereocenters. The van der Waals surface area contributed by atoms with Crippen molar-refractivity contribution in [3.63, 3.8) is 0 Å². The third-order valence-electron chi connectivity index (χ3n) is 2.70. The van der Waals surface area contributed by atoms with Crippen molar-refractivity contribution in [3.05, 3.63) is 29.8 Å².